The summed E-state index contributed by atoms with van der Waals surface area (Å²) in [7, 11) is -3.81. The molecule has 1 amide bonds. The number of nitrogens with one attached hydrogen (secondary N) is 1. The van der Waals surface area contributed by atoms with Crippen LogP contribution in [0.15, 0.2) is 16.3 Å². The Hall–Kier alpha value is -1.45. The number of amides is 1. The minimum atomic E-state index is -3.81. The zero-order valence-electron chi connectivity index (χ0n) is 11.0. The molecule has 0 atom stereocenters. The van der Waals surface area contributed by atoms with E-state index in [0.717, 1.165) is 11.3 Å². The number of carboxylic acid groups (broad SMARTS) is 1. The van der Waals surface area contributed by atoms with Gasteiger partial charge in [0.05, 0.1) is 6.42 Å². The van der Waals surface area contributed by atoms with Gasteiger partial charge >= 0.3 is 5.97 Å². The Morgan fingerprint density at radius 3 is 2.50 bits per heavy atom. The standard InChI is InChI=1S/C11H16N2O5S2/c1-11(2,6-8(12)14)13-20(17,18)10-4-3-7(19-10)5-9(15)16/h3-4,13H,5-6H2,1-2H3,(H2,12,14)(H,15,16). The van der Waals surface area contributed by atoms with Gasteiger partial charge in [-0.15, -0.1) is 11.3 Å². The van der Waals surface area contributed by atoms with Crippen LogP contribution in [0.25, 0.3) is 0 Å². The van der Waals surface area contributed by atoms with Gasteiger partial charge in [-0.05, 0) is 26.0 Å². The van der Waals surface area contributed by atoms with Crippen LogP contribution in [0.2, 0.25) is 0 Å². The maximum absolute atomic E-state index is 12.1. The van der Waals surface area contributed by atoms with Crippen molar-refractivity contribution in [2.45, 2.75) is 36.4 Å². The van der Waals surface area contributed by atoms with Gasteiger partial charge in [0.25, 0.3) is 10.0 Å². The number of primary amides is 1. The lowest BCUT2D eigenvalue weighted by Gasteiger charge is -2.23. The summed E-state index contributed by atoms with van der Waals surface area (Å²) in [5.74, 6) is -1.65. The van der Waals surface area contributed by atoms with Gasteiger partial charge in [-0.3, -0.25) is 9.59 Å². The first-order chi connectivity index (χ1) is 9.02. The summed E-state index contributed by atoms with van der Waals surface area (Å²) in [5, 5.41) is 8.65. The van der Waals surface area contributed by atoms with Crippen LogP contribution in [0, 0.1) is 0 Å². The molecular formula is C11H16N2O5S2. The number of nitrogens with two attached hydrogens (primary N) is 1. The van der Waals surface area contributed by atoms with Crippen molar-refractivity contribution in [3.05, 3.63) is 17.0 Å². The van der Waals surface area contributed by atoms with Crippen LogP contribution in [0.1, 0.15) is 25.1 Å². The molecular weight excluding hydrogens is 304 g/mol. The van der Waals surface area contributed by atoms with Crippen LogP contribution in [0.4, 0.5) is 0 Å². The van der Waals surface area contributed by atoms with Gasteiger partial charge in [0.1, 0.15) is 4.21 Å². The fraction of sp³-hybridized carbons (Fsp3) is 0.455. The lowest BCUT2D eigenvalue weighted by atomic mass is 10.0. The number of carbonyl (C=O) groups is 2. The highest BCUT2D eigenvalue weighted by molar-refractivity contribution is 7.91. The molecule has 0 aromatic carbocycles. The lowest BCUT2D eigenvalue weighted by molar-refractivity contribution is -0.136. The summed E-state index contributed by atoms with van der Waals surface area (Å²) in [6, 6.07) is 2.79. The molecule has 7 nitrogen and oxygen atoms in total. The second kappa shape index (κ2) is 5.90. The minimum Gasteiger partial charge on any atom is -0.481 e. The van der Waals surface area contributed by atoms with E-state index in [9.17, 15) is 18.0 Å². The summed E-state index contributed by atoms with van der Waals surface area (Å²) >= 11 is 0.880. The first-order valence-electron chi connectivity index (χ1n) is 5.65. The third kappa shape index (κ3) is 4.91. The second-order valence-electron chi connectivity index (χ2n) is 4.92. The smallest absolute Gasteiger partial charge is 0.308 e. The van der Waals surface area contributed by atoms with Crippen molar-refractivity contribution in [1.29, 1.82) is 0 Å². The number of thiophene rings is 1. The Morgan fingerprint density at radius 1 is 1.40 bits per heavy atom. The molecule has 0 aliphatic carbocycles. The SMILES string of the molecule is CC(C)(CC(N)=O)NS(=O)(=O)c1ccc(CC(=O)O)s1. The van der Waals surface area contributed by atoms with Gasteiger partial charge in [0, 0.05) is 16.8 Å². The first kappa shape index (κ1) is 16.6. The van der Waals surface area contributed by atoms with Gasteiger partial charge in [-0.2, -0.15) is 0 Å². The van der Waals surface area contributed by atoms with Crippen molar-refractivity contribution in [3.63, 3.8) is 0 Å². The highest BCUT2D eigenvalue weighted by Gasteiger charge is 2.28. The summed E-state index contributed by atoms with van der Waals surface area (Å²) in [6.45, 7) is 3.09. The number of sulfonamides is 1. The van der Waals surface area contributed by atoms with Crippen LogP contribution in [0.5, 0.6) is 0 Å². The van der Waals surface area contributed by atoms with Crippen molar-refractivity contribution in [3.8, 4) is 0 Å². The van der Waals surface area contributed by atoms with Gasteiger partial charge in [-0.1, -0.05) is 0 Å². The van der Waals surface area contributed by atoms with Gasteiger partial charge in [-0.25, -0.2) is 13.1 Å². The third-order valence-electron chi connectivity index (χ3n) is 2.25. The monoisotopic (exact) mass is 320 g/mol. The fourth-order valence-electron chi connectivity index (χ4n) is 1.63. The molecule has 1 aromatic rings. The quantitative estimate of drug-likeness (QED) is 0.666. The molecule has 0 fully saturated rings. The zero-order chi connectivity index (χ0) is 15.6. The van der Waals surface area contributed by atoms with Crippen molar-refractivity contribution in [2.75, 3.05) is 0 Å². The second-order valence-corrected chi connectivity index (χ2v) is 8.00. The Kier molecular flexibility index (Phi) is 4.90. The number of carboxylic acids is 1. The molecule has 0 saturated carbocycles. The van der Waals surface area contributed by atoms with Crippen molar-refractivity contribution in [2.24, 2.45) is 5.73 Å². The number of carbonyl (C=O) groups excluding carboxylic acids is 1. The number of aliphatic carboxylic acids is 1. The Balaban J connectivity index is 2.91. The maximum atomic E-state index is 12.1. The average Bonchev–Trinajstić information content (AvgIpc) is 2.61. The molecule has 1 rings (SSSR count). The molecule has 0 saturated heterocycles. The van der Waals surface area contributed by atoms with E-state index in [0.29, 0.717) is 4.88 Å². The van der Waals surface area contributed by atoms with Crippen LogP contribution in [-0.2, 0) is 26.0 Å². The Morgan fingerprint density at radius 2 is 2.00 bits per heavy atom. The number of rotatable bonds is 7. The van der Waals surface area contributed by atoms with E-state index in [1.165, 1.54) is 12.1 Å². The molecule has 0 spiro atoms. The highest BCUT2D eigenvalue weighted by Crippen LogP contribution is 2.24. The molecule has 0 aliphatic rings. The third-order valence-corrected chi connectivity index (χ3v) is 5.53. The average molecular weight is 320 g/mol. The zero-order valence-corrected chi connectivity index (χ0v) is 12.7. The van der Waals surface area contributed by atoms with Crippen molar-refractivity contribution >= 4 is 33.2 Å². The van der Waals surface area contributed by atoms with Gasteiger partial charge < -0.3 is 10.8 Å². The molecule has 0 radical (unpaired) electrons. The lowest BCUT2D eigenvalue weighted by Crippen LogP contribution is -2.45. The van der Waals surface area contributed by atoms with E-state index >= 15 is 0 Å². The van der Waals surface area contributed by atoms with E-state index in [-0.39, 0.29) is 17.1 Å². The summed E-state index contributed by atoms with van der Waals surface area (Å²) in [4.78, 5) is 21.9. The van der Waals surface area contributed by atoms with Crippen LogP contribution >= 0.6 is 11.3 Å². The van der Waals surface area contributed by atoms with Crippen LogP contribution < -0.4 is 10.5 Å². The molecule has 1 heterocycles. The van der Waals surface area contributed by atoms with Crippen LogP contribution in [-0.4, -0.2) is 30.9 Å². The predicted molar refractivity (Wildman–Crippen MR) is 73.9 cm³/mol. The summed E-state index contributed by atoms with van der Waals surface area (Å²) in [5.41, 5.74) is 4.05. The number of hydrogen-bond donors (Lipinski definition) is 3. The van der Waals surface area contributed by atoms with Gasteiger partial charge in [0.2, 0.25) is 5.91 Å². The Bertz CT molecular complexity index is 619. The van der Waals surface area contributed by atoms with E-state index < -0.39 is 27.4 Å². The molecule has 0 bridgehead atoms. The topological polar surface area (TPSA) is 127 Å². The molecule has 0 aliphatic heterocycles. The molecule has 0 unspecified atom stereocenters. The summed E-state index contributed by atoms with van der Waals surface area (Å²) in [6.07, 6.45) is -0.371. The summed E-state index contributed by atoms with van der Waals surface area (Å²) < 4.78 is 26.6. The maximum Gasteiger partial charge on any atom is 0.308 e. The van der Waals surface area contributed by atoms with E-state index in [2.05, 4.69) is 4.72 Å². The van der Waals surface area contributed by atoms with E-state index in [1.54, 1.807) is 13.8 Å². The van der Waals surface area contributed by atoms with E-state index in [1.807, 2.05) is 0 Å². The van der Waals surface area contributed by atoms with Crippen LogP contribution in [0.3, 0.4) is 0 Å². The van der Waals surface area contributed by atoms with E-state index in [4.69, 9.17) is 10.8 Å². The van der Waals surface area contributed by atoms with Crippen molar-refractivity contribution < 1.29 is 23.1 Å². The normalized spacial score (nSPS) is 12.3. The minimum absolute atomic E-state index is 0.00583. The molecule has 9 heteroatoms. The molecule has 112 valence electrons. The largest absolute Gasteiger partial charge is 0.481 e. The predicted octanol–water partition coefficient (Wildman–Crippen LogP) is 0.308. The van der Waals surface area contributed by atoms with Gasteiger partial charge in [0.15, 0.2) is 0 Å². The molecule has 4 N–H and O–H groups in total. The highest BCUT2D eigenvalue weighted by atomic mass is 32.2. The molecule has 1 aromatic heterocycles. The van der Waals surface area contributed by atoms with Crippen molar-refractivity contribution in [1.82, 2.24) is 4.72 Å². The first-order valence-corrected chi connectivity index (χ1v) is 7.94. The molecule has 20 heavy (non-hydrogen) atoms. The number of hydrogen-bond acceptors (Lipinski definition) is 5. The Labute approximate surface area is 120 Å². The fourth-order valence-corrected chi connectivity index (χ4v) is 4.39.